The van der Waals surface area contributed by atoms with Crippen molar-refractivity contribution in [3.05, 3.63) is 63.3 Å². The molecule has 6 nitrogen and oxygen atoms in total. The quantitative estimate of drug-likeness (QED) is 0.421. The molecule has 4 aliphatic rings. The molecule has 34 heavy (non-hydrogen) atoms. The molecule has 6 heteroatoms. The molecule has 0 aromatic heterocycles. The molecule has 0 spiro atoms. The second-order valence-electron chi connectivity index (χ2n) is 10.1. The first-order chi connectivity index (χ1) is 16.1. The number of rotatable bonds is 3. The number of nitrogens with zero attached hydrogens (tertiary/aromatic N) is 1. The molecule has 176 valence electrons. The minimum Gasteiger partial charge on any atom is -0.507 e. The standard InChI is InChI=1S/C28H29NO5/c1-5-8-29-27(33)18-7-6-17-19(23(18)28(29)34)12-20-24(21(30)11-15(4)26(20)32)22(17)16-9-13(2)25(31)14(3)10-16/h6,9-11,18-19,22-23,31H,5,7-8,12H2,1-4H3/t18-,19+,22-,23-/m0/s1. The van der Waals surface area contributed by atoms with Gasteiger partial charge < -0.3 is 5.11 Å². The van der Waals surface area contributed by atoms with Gasteiger partial charge in [0.15, 0.2) is 11.6 Å². The number of ketones is 2. The molecule has 1 saturated heterocycles. The SMILES string of the molecule is CCCN1C(=O)[C@H]2[C@H](CC=C3[C@H](c4cc(C)c(O)c(C)c4)C4=C(C[C@H]32)C(=O)C(C)=CC4=O)C1=O. The first kappa shape index (κ1) is 22.5. The van der Waals surface area contributed by atoms with Crippen molar-refractivity contribution >= 4 is 23.4 Å². The fourth-order valence-corrected chi connectivity index (χ4v) is 6.43. The van der Waals surface area contributed by atoms with Gasteiger partial charge in [-0.25, -0.2) is 0 Å². The van der Waals surface area contributed by atoms with Crippen molar-refractivity contribution in [2.45, 2.75) is 52.9 Å². The summed E-state index contributed by atoms with van der Waals surface area (Å²) in [5, 5.41) is 10.3. The number of hydrogen-bond acceptors (Lipinski definition) is 5. The predicted octanol–water partition coefficient (Wildman–Crippen LogP) is 3.85. The van der Waals surface area contributed by atoms with Crippen molar-refractivity contribution in [1.29, 1.82) is 0 Å². The number of Topliss-reactive ketones (excluding diaryl/α,β-unsaturated/α-hetero) is 1. The average molecular weight is 460 g/mol. The number of fused-ring (bicyclic) bond motifs is 3. The van der Waals surface area contributed by atoms with Crippen LogP contribution >= 0.6 is 0 Å². The van der Waals surface area contributed by atoms with Crippen LogP contribution in [0.4, 0.5) is 0 Å². The number of aryl methyl sites for hydroxylation is 2. The van der Waals surface area contributed by atoms with Gasteiger partial charge in [0.2, 0.25) is 11.8 Å². The maximum atomic E-state index is 13.4. The van der Waals surface area contributed by atoms with Gasteiger partial charge in [0.1, 0.15) is 5.75 Å². The highest BCUT2D eigenvalue weighted by molar-refractivity contribution is 6.23. The maximum absolute atomic E-state index is 13.4. The van der Waals surface area contributed by atoms with Gasteiger partial charge in [-0.3, -0.25) is 24.1 Å². The number of hydrogen-bond donors (Lipinski definition) is 1. The molecule has 1 aliphatic heterocycles. The summed E-state index contributed by atoms with van der Waals surface area (Å²) >= 11 is 0. The van der Waals surface area contributed by atoms with Gasteiger partial charge in [0.25, 0.3) is 0 Å². The number of carbonyl (C=O) groups excluding carboxylic acids is 4. The third-order valence-electron chi connectivity index (χ3n) is 7.95. The van der Waals surface area contributed by atoms with Crippen LogP contribution in [-0.4, -0.2) is 39.9 Å². The van der Waals surface area contributed by atoms with Gasteiger partial charge in [-0.1, -0.05) is 30.7 Å². The van der Waals surface area contributed by atoms with Crippen LogP contribution in [0.3, 0.4) is 0 Å². The average Bonchev–Trinajstić information content (AvgIpc) is 3.04. The summed E-state index contributed by atoms with van der Waals surface area (Å²) in [6.45, 7) is 7.62. The summed E-state index contributed by atoms with van der Waals surface area (Å²) in [7, 11) is 0. The molecule has 2 amide bonds. The van der Waals surface area contributed by atoms with E-state index in [1.165, 1.54) is 11.0 Å². The van der Waals surface area contributed by atoms with Gasteiger partial charge in [-0.15, -0.1) is 0 Å². The normalized spacial score (nSPS) is 28.5. The van der Waals surface area contributed by atoms with Crippen molar-refractivity contribution in [2.75, 3.05) is 6.54 Å². The molecule has 0 radical (unpaired) electrons. The van der Waals surface area contributed by atoms with Gasteiger partial charge in [-0.05, 0) is 68.7 Å². The lowest BCUT2D eigenvalue weighted by Gasteiger charge is -2.42. The lowest BCUT2D eigenvalue weighted by atomic mass is 9.59. The second kappa shape index (κ2) is 7.90. The van der Waals surface area contributed by atoms with E-state index in [9.17, 15) is 24.3 Å². The molecule has 1 aromatic rings. The molecule has 1 aromatic carbocycles. The highest BCUT2D eigenvalue weighted by Crippen LogP contribution is 2.55. The number of benzene rings is 1. The highest BCUT2D eigenvalue weighted by Gasteiger charge is 2.56. The highest BCUT2D eigenvalue weighted by atomic mass is 16.3. The second-order valence-corrected chi connectivity index (χ2v) is 10.1. The Kier molecular flexibility index (Phi) is 5.23. The molecule has 0 bridgehead atoms. The third-order valence-corrected chi connectivity index (χ3v) is 7.95. The van der Waals surface area contributed by atoms with Gasteiger partial charge in [0.05, 0.1) is 11.8 Å². The predicted molar refractivity (Wildman–Crippen MR) is 126 cm³/mol. The van der Waals surface area contributed by atoms with Crippen LogP contribution in [0, 0.1) is 31.6 Å². The van der Waals surface area contributed by atoms with E-state index < -0.39 is 17.8 Å². The van der Waals surface area contributed by atoms with E-state index in [0.29, 0.717) is 53.7 Å². The van der Waals surface area contributed by atoms with Crippen LogP contribution in [0.25, 0.3) is 0 Å². The Labute approximate surface area is 199 Å². The third kappa shape index (κ3) is 3.07. The molecule has 0 saturated carbocycles. The number of phenolic OH excluding ortho intramolecular Hbond substituents is 1. The Bertz CT molecular complexity index is 1240. The van der Waals surface area contributed by atoms with Crippen LogP contribution < -0.4 is 0 Å². The summed E-state index contributed by atoms with van der Waals surface area (Å²) in [6, 6.07) is 3.72. The van der Waals surface area contributed by atoms with Crippen LogP contribution in [-0.2, 0) is 19.2 Å². The summed E-state index contributed by atoms with van der Waals surface area (Å²) in [5.74, 6) is -2.12. The molecular formula is C28H29NO5. The number of amides is 2. The van der Waals surface area contributed by atoms with Crippen LogP contribution in [0.15, 0.2) is 46.6 Å². The van der Waals surface area contributed by atoms with Crippen LogP contribution in [0.5, 0.6) is 5.75 Å². The number of likely N-dealkylation sites (tertiary alicyclic amines) is 1. The van der Waals surface area contributed by atoms with Gasteiger partial charge in [0, 0.05) is 29.2 Å². The Morgan fingerprint density at radius 2 is 1.68 bits per heavy atom. The van der Waals surface area contributed by atoms with Gasteiger partial charge in [-0.2, -0.15) is 0 Å². The Morgan fingerprint density at radius 3 is 2.32 bits per heavy atom. The number of aromatic hydroxyl groups is 1. The molecule has 3 aliphatic carbocycles. The van der Waals surface area contributed by atoms with Crippen molar-refractivity contribution in [1.82, 2.24) is 4.90 Å². The van der Waals surface area contributed by atoms with Crippen molar-refractivity contribution in [3.8, 4) is 5.75 Å². The summed E-state index contributed by atoms with van der Waals surface area (Å²) in [6.07, 6.45) is 4.88. The lowest BCUT2D eigenvalue weighted by molar-refractivity contribution is -0.140. The maximum Gasteiger partial charge on any atom is 0.233 e. The zero-order valence-corrected chi connectivity index (χ0v) is 20.0. The summed E-state index contributed by atoms with van der Waals surface area (Å²) in [5.41, 5.74) is 4.50. The van der Waals surface area contributed by atoms with E-state index in [1.54, 1.807) is 6.92 Å². The fraction of sp³-hybridized carbons (Fsp3) is 0.429. The first-order valence-corrected chi connectivity index (χ1v) is 12.0. The number of allylic oxidation sites excluding steroid dienone is 6. The topological polar surface area (TPSA) is 91.8 Å². The van der Waals surface area contributed by atoms with E-state index in [2.05, 4.69) is 0 Å². The Balaban J connectivity index is 1.70. The Morgan fingerprint density at radius 1 is 1.00 bits per heavy atom. The van der Waals surface area contributed by atoms with Crippen molar-refractivity contribution in [3.63, 3.8) is 0 Å². The van der Waals surface area contributed by atoms with E-state index in [4.69, 9.17) is 0 Å². The molecule has 1 N–H and O–H groups in total. The Hall–Kier alpha value is -3.28. The smallest absolute Gasteiger partial charge is 0.233 e. The first-order valence-electron chi connectivity index (χ1n) is 12.0. The molecule has 5 rings (SSSR count). The zero-order valence-electron chi connectivity index (χ0n) is 20.0. The summed E-state index contributed by atoms with van der Waals surface area (Å²) < 4.78 is 0. The van der Waals surface area contributed by atoms with E-state index >= 15 is 0 Å². The number of carbonyl (C=O) groups is 4. The van der Waals surface area contributed by atoms with Crippen LogP contribution in [0.2, 0.25) is 0 Å². The largest absolute Gasteiger partial charge is 0.507 e. The molecule has 1 heterocycles. The van der Waals surface area contributed by atoms with E-state index in [-0.39, 0.29) is 35.0 Å². The minimum absolute atomic E-state index is 0.123. The minimum atomic E-state index is -0.510. The van der Waals surface area contributed by atoms with E-state index in [1.807, 2.05) is 39.0 Å². The molecule has 0 unspecified atom stereocenters. The van der Waals surface area contributed by atoms with E-state index in [0.717, 1.165) is 11.1 Å². The fourth-order valence-electron chi connectivity index (χ4n) is 6.43. The molecular weight excluding hydrogens is 430 g/mol. The molecule has 1 fully saturated rings. The summed E-state index contributed by atoms with van der Waals surface area (Å²) in [4.78, 5) is 54.4. The van der Waals surface area contributed by atoms with Gasteiger partial charge >= 0.3 is 0 Å². The molecule has 4 atom stereocenters. The monoisotopic (exact) mass is 459 g/mol. The van der Waals surface area contributed by atoms with Crippen LogP contribution in [0.1, 0.15) is 55.7 Å². The zero-order chi connectivity index (χ0) is 24.5. The number of phenols is 1. The number of imide groups is 1. The van der Waals surface area contributed by atoms with Crippen molar-refractivity contribution < 1.29 is 24.3 Å². The van der Waals surface area contributed by atoms with Crippen molar-refractivity contribution in [2.24, 2.45) is 17.8 Å². The lowest BCUT2D eigenvalue weighted by Crippen LogP contribution is -2.39.